The standard InChI is InChI=1S/C46H67N15O12S2/c47-27(22-74)38(66)57-30(19-25-10-12-26(62)13-11-25)42(70)58-31(18-24-6-2-1-3-7-24)41(69)55-29(14-15-35(48)63)40(68)59-32(20-36(49)64)43(71)60-33(23-75)45(73)61-17-5-9-34(61)44(72)56-28(8-4-16-53-46(51)52)39(67)54-21-37(50)65/h1-3,6-7,10-13,27-34,62,74-75H,4-5,8-9,14-23,47H2,(H2,48,63)(H2,49,64)(H2,50,65)(H,54,67)(H,55,69)(H,56,72)(H,57,66)(H,58,70)(H,59,68)(H,60,71)(H4,51,52,53)/t27-,28-,29-,30-,31-,32-,33-,34-/m0/s1. The lowest BCUT2D eigenvalue weighted by molar-refractivity contribution is -0.142. The first-order valence-corrected chi connectivity index (χ1v) is 24.9. The first kappa shape index (κ1) is 61.6. The van der Waals surface area contributed by atoms with E-state index in [9.17, 15) is 57.8 Å². The normalized spacial score (nSPS) is 15.7. The van der Waals surface area contributed by atoms with Gasteiger partial charge in [0.1, 0.15) is 48.0 Å². The van der Waals surface area contributed by atoms with E-state index >= 15 is 0 Å². The maximum Gasteiger partial charge on any atom is 0.246 e. The number of phenols is 1. The summed E-state index contributed by atoms with van der Waals surface area (Å²) in [7, 11) is 0. The summed E-state index contributed by atoms with van der Waals surface area (Å²) < 4.78 is 0. The Labute approximate surface area is 442 Å². The van der Waals surface area contributed by atoms with Gasteiger partial charge in [0.2, 0.25) is 65.0 Å². The van der Waals surface area contributed by atoms with Crippen molar-refractivity contribution in [3.63, 3.8) is 0 Å². The third-order valence-electron chi connectivity index (χ3n) is 11.5. The highest BCUT2D eigenvalue weighted by atomic mass is 32.1. The Bertz CT molecular complexity index is 2380. The molecule has 0 aliphatic carbocycles. The largest absolute Gasteiger partial charge is 0.508 e. The van der Waals surface area contributed by atoms with Crippen molar-refractivity contribution in [3.8, 4) is 5.75 Å². The van der Waals surface area contributed by atoms with Gasteiger partial charge in [-0.1, -0.05) is 42.5 Å². The van der Waals surface area contributed by atoms with Crippen LogP contribution in [0.4, 0.5) is 0 Å². The van der Waals surface area contributed by atoms with Crippen molar-refractivity contribution in [2.45, 2.75) is 106 Å². The molecule has 0 saturated carbocycles. The fourth-order valence-corrected chi connectivity index (χ4v) is 7.99. The second-order valence-electron chi connectivity index (χ2n) is 17.4. The number of guanidine groups is 1. The number of primary amides is 3. The van der Waals surface area contributed by atoms with Crippen LogP contribution in [0.1, 0.15) is 56.1 Å². The Morgan fingerprint density at radius 1 is 0.613 bits per heavy atom. The number of nitrogens with zero attached hydrogens (tertiary/aromatic N) is 2. The molecule has 410 valence electrons. The number of carbonyl (C=O) groups is 11. The van der Waals surface area contributed by atoms with Crippen LogP contribution >= 0.6 is 25.3 Å². The van der Waals surface area contributed by atoms with E-state index in [0.717, 1.165) is 4.90 Å². The number of aromatic hydroxyl groups is 1. The topological polar surface area (TPSA) is 464 Å². The number of nitrogens with two attached hydrogens (primary N) is 6. The second kappa shape index (κ2) is 31.2. The minimum atomic E-state index is -1.80. The molecule has 75 heavy (non-hydrogen) atoms. The molecule has 2 aromatic rings. The lowest BCUT2D eigenvalue weighted by atomic mass is 10.0. The highest BCUT2D eigenvalue weighted by Gasteiger charge is 2.40. The van der Waals surface area contributed by atoms with Gasteiger partial charge < -0.3 is 81.6 Å². The highest BCUT2D eigenvalue weighted by Crippen LogP contribution is 2.20. The zero-order chi connectivity index (χ0) is 55.8. The highest BCUT2D eigenvalue weighted by molar-refractivity contribution is 7.80. The van der Waals surface area contributed by atoms with Crippen molar-refractivity contribution in [2.24, 2.45) is 39.4 Å². The van der Waals surface area contributed by atoms with Crippen LogP contribution in [-0.2, 0) is 65.6 Å². The van der Waals surface area contributed by atoms with E-state index in [0.29, 0.717) is 17.5 Å². The smallest absolute Gasteiger partial charge is 0.246 e. The van der Waals surface area contributed by atoms with Crippen molar-refractivity contribution in [1.82, 2.24) is 42.1 Å². The Morgan fingerprint density at radius 2 is 1.15 bits per heavy atom. The van der Waals surface area contributed by atoms with Crippen LogP contribution in [0.2, 0.25) is 0 Å². The molecule has 0 unspecified atom stereocenters. The molecule has 2 aromatic carbocycles. The summed E-state index contributed by atoms with van der Waals surface area (Å²) in [4.78, 5) is 151. The minimum absolute atomic E-state index is 0.0193. The molecule has 0 radical (unpaired) electrons. The fraction of sp³-hybridized carbons (Fsp3) is 0.478. The van der Waals surface area contributed by atoms with E-state index in [1.807, 2.05) is 0 Å². The number of hydrogen-bond acceptors (Lipinski definition) is 16. The number of carbonyl (C=O) groups excluding carboxylic acids is 11. The number of amides is 11. The van der Waals surface area contributed by atoms with Crippen molar-refractivity contribution in [1.29, 1.82) is 0 Å². The molecule has 0 bridgehead atoms. The lowest BCUT2D eigenvalue weighted by Crippen LogP contribution is -2.61. The zero-order valence-corrected chi connectivity index (χ0v) is 42.7. The van der Waals surface area contributed by atoms with Gasteiger partial charge in [0.25, 0.3) is 0 Å². The van der Waals surface area contributed by atoms with Crippen molar-refractivity contribution in [2.75, 3.05) is 31.1 Å². The van der Waals surface area contributed by atoms with Gasteiger partial charge in [-0.15, -0.1) is 0 Å². The average Bonchev–Trinajstić information content (AvgIpc) is 3.87. The number of phenolic OH excluding ortho intramolecular Hbond substituents is 1. The number of rotatable bonds is 31. The molecule has 11 amide bonds. The van der Waals surface area contributed by atoms with E-state index in [2.05, 4.69) is 67.5 Å². The summed E-state index contributed by atoms with van der Waals surface area (Å²) in [5, 5.41) is 27.2. The van der Waals surface area contributed by atoms with Crippen LogP contribution in [0.15, 0.2) is 59.6 Å². The first-order chi connectivity index (χ1) is 35.5. The zero-order valence-electron chi connectivity index (χ0n) is 40.9. The second-order valence-corrected chi connectivity index (χ2v) is 18.1. The van der Waals surface area contributed by atoms with Crippen LogP contribution in [0.25, 0.3) is 0 Å². The summed E-state index contributed by atoms with van der Waals surface area (Å²) in [6.45, 7) is -0.383. The summed E-state index contributed by atoms with van der Waals surface area (Å²) in [6, 6.07) is 2.96. The van der Waals surface area contributed by atoms with Crippen LogP contribution < -0.4 is 71.6 Å². The van der Waals surface area contributed by atoms with Gasteiger partial charge in [0.05, 0.1) is 19.0 Å². The molecule has 1 saturated heterocycles. The van der Waals surface area contributed by atoms with Gasteiger partial charge in [-0.25, -0.2) is 0 Å². The quantitative estimate of drug-likeness (QED) is 0.0145. The minimum Gasteiger partial charge on any atom is -0.508 e. The average molecular weight is 1090 g/mol. The number of benzene rings is 2. The summed E-state index contributed by atoms with van der Waals surface area (Å²) in [6.07, 6.45) is -1.35. The number of aliphatic imine (C=N–C) groups is 1. The van der Waals surface area contributed by atoms with Gasteiger partial charge in [0, 0.05) is 43.9 Å². The Morgan fingerprint density at radius 3 is 1.71 bits per heavy atom. The first-order valence-electron chi connectivity index (χ1n) is 23.6. The van der Waals surface area contributed by atoms with Crippen LogP contribution in [0.3, 0.4) is 0 Å². The molecule has 20 N–H and O–H groups in total. The molecule has 0 aromatic heterocycles. The number of hydrogen-bond donors (Lipinski definition) is 16. The summed E-state index contributed by atoms with van der Waals surface area (Å²) in [5.74, 6) is -10.6. The van der Waals surface area contributed by atoms with Gasteiger partial charge >= 0.3 is 0 Å². The molecular weight excluding hydrogens is 1020 g/mol. The van der Waals surface area contributed by atoms with E-state index in [4.69, 9.17) is 34.4 Å². The molecule has 1 aliphatic heterocycles. The molecule has 27 nitrogen and oxygen atoms in total. The van der Waals surface area contributed by atoms with Gasteiger partial charge in [-0.05, 0) is 55.4 Å². The molecule has 1 fully saturated rings. The Hall–Kier alpha value is -7.66. The Kier molecular flexibility index (Phi) is 25.6. The predicted octanol–water partition coefficient (Wildman–Crippen LogP) is -5.94. The van der Waals surface area contributed by atoms with E-state index in [-0.39, 0.29) is 68.4 Å². The maximum atomic E-state index is 14.3. The molecule has 1 heterocycles. The SMILES string of the molecule is NC(=O)CC[C@H](NC(=O)[C@H](Cc1ccccc1)NC(=O)[C@H](Cc1ccc(O)cc1)NC(=O)[C@@H](N)CS)C(=O)N[C@@H](CC(N)=O)C(=O)N[C@@H](CS)C(=O)N1CCC[C@H]1C(=O)N[C@@H](CCCN=C(N)N)C(=O)NCC(N)=O. The van der Waals surface area contributed by atoms with Crippen LogP contribution in [0.5, 0.6) is 5.75 Å². The van der Waals surface area contributed by atoms with Gasteiger partial charge in [-0.2, -0.15) is 25.3 Å². The van der Waals surface area contributed by atoms with E-state index in [1.165, 1.54) is 24.3 Å². The summed E-state index contributed by atoms with van der Waals surface area (Å²) in [5.41, 5.74) is 33.8. The van der Waals surface area contributed by atoms with Crippen molar-refractivity contribution >= 4 is 96.2 Å². The summed E-state index contributed by atoms with van der Waals surface area (Å²) >= 11 is 8.30. The third-order valence-corrected chi connectivity index (χ3v) is 12.2. The van der Waals surface area contributed by atoms with Crippen LogP contribution in [0, 0.1) is 0 Å². The van der Waals surface area contributed by atoms with Gasteiger partial charge in [-0.3, -0.25) is 57.7 Å². The van der Waals surface area contributed by atoms with E-state index < -0.39 is 139 Å². The molecule has 3 rings (SSSR count). The molecule has 0 spiro atoms. The predicted molar refractivity (Wildman–Crippen MR) is 278 cm³/mol. The maximum absolute atomic E-state index is 14.3. The molecule has 29 heteroatoms. The monoisotopic (exact) mass is 1090 g/mol. The number of nitrogens with one attached hydrogen (secondary N) is 7. The molecule has 1 aliphatic rings. The number of likely N-dealkylation sites (tertiary alicyclic amines) is 1. The molecule has 8 atom stereocenters. The molecular formula is C46H67N15O12S2. The number of thiol groups is 2. The lowest BCUT2D eigenvalue weighted by Gasteiger charge is -2.30. The van der Waals surface area contributed by atoms with Crippen molar-refractivity contribution in [3.05, 3.63) is 65.7 Å². The van der Waals surface area contributed by atoms with Crippen molar-refractivity contribution < 1.29 is 57.8 Å². The Balaban J connectivity index is 1.86. The van der Waals surface area contributed by atoms with Crippen LogP contribution in [-0.4, -0.2) is 160 Å². The van der Waals surface area contributed by atoms with Gasteiger partial charge in [0.15, 0.2) is 5.96 Å². The fourth-order valence-electron chi connectivity index (χ4n) is 7.58. The third kappa shape index (κ3) is 21.4. The van der Waals surface area contributed by atoms with E-state index in [1.54, 1.807) is 30.3 Å².